The lowest BCUT2D eigenvalue weighted by Gasteiger charge is -2.30. The fraction of sp³-hybridized carbons (Fsp3) is 0.594. The summed E-state index contributed by atoms with van der Waals surface area (Å²) in [6.07, 6.45) is 2.37. The van der Waals surface area contributed by atoms with Gasteiger partial charge in [-0.3, -0.25) is 9.36 Å². The van der Waals surface area contributed by atoms with Gasteiger partial charge in [-0.15, -0.1) is 11.3 Å². The standard InChI is InChI=1S/C32H43BrN2O7S/c1-20(19-41-24-15-11-12-16-39-24)18-40-23(22-13-9-8-10-14-22)17-34-28-25(21(2)26(33)43-28)27(36)35(30(34)38)32(6,7)29(37)42-31(3,4)5/h8-10,13-14,20,23-24H,11-12,15-19H2,1-7H3/t20?,23-,24?/m0/s1. The quantitative estimate of drug-likeness (QED) is 0.219. The van der Waals surface area contributed by atoms with Crippen LogP contribution in [0.1, 0.15) is 78.0 Å². The van der Waals surface area contributed by atoms with Crippen molar-refractivity contribution in [2.45, 2.75) is 97.8 Å². The Morgan fingerprint density at radius 3 is 2.44 bits per heavy atom. The third kappa shape index (κ3) is 7.86. The van der Waals surface area contributed by atoms with Gasteiger partial charge in [-0.05, 0) is 87.9 Å². The highest BCUT2D eigenvalue weighted by Crippen LogP contribution is 2.34. The number of hydrogen-bond donors (Lipinski definition) is 0. The van der Waals surface area contributed by atoms with Crippen LogP contribution in [-0.2, 0) is 35.8 Å². The van der Waals surface area contributed by atoms with E-state index >= 15 is 0 Å². The molecule has 1 aliphatic rings. The Morgan fingerprint density at radius 1 is 1.12 bits per heavy atom. The van der Waals surface area contributed by atoms with Gasteiger partial charge >= 0.3 is 11.7 Å². The Kier molecular flexibility index (Phi) is 10.8. The summed E-state index contributed by atoms with van der Waals surface area (Å²) in [5, 5.41) is 0.383. The summed E-state index contributed by atoms with van der Waals surface area (Å²) >= 11 is 4.88. The second kappa shape index (κ2) is 13.8. The van der Waals surface area contributed by atoms with E-state index in [0.29, 0.717) is 29.0 Å². The van der Waals surface area contributed by atoms with E-state index in [1.165, 1.54) is 11.3 Å². The molecule has 11 heteroatoms. The van der Waals surface area contributed by atoms with E-state index in [1.807, 2.05) is 37.3 Å². The molecule has 9 nitrogen and oxygen atoms in total. The van der Waals surface area contributed by atoms with Gasteiger partial charge in [0, 0.05) is 12.5 Å². The minimum absolute atomic E-state index is 0.0756. The number of rotatable bonds is 11. The molecule has 43 heavy (non-hydrogen) atoms. The zero-order valence-corrected chi connectivity index (χ0v) is 28.5. The minimum Gasteiger partial charge on any atom is -0.458 e. The molecule has 1 saturated heterocycles. The van der Waals surface area contributed by atoms with E-state index in [-0.39, 0.29) is 18.8 Å². The number of carbonyl (C=O) groups excluding carboxylic acids is 1. The van der Waals surface area contributed by atoms with Crippen molar-refractivity contribution in [2.24, 2.45) is 5.92 Å². The van der Waals surface area contributed by atoms with E-state index in [2.05, 4.69) is 22.9 Å². The van der Waals surface area contributed by atoms with Crippen molar-refractivity contribution in [3.8, 4) is 0 Å². The molecule has 2 unspecified atom stereocenters. The summed E-state index contributed by atoms with van der Waals surface area (Å²) < 4.78 is 27.1. The van der Waals surface area contributed by atoms with Crippen LogP contribution in [0.4, 0.5) is 0 Å². The molecule has 3 atom stereocenters. The first-order chi connectivity index (χ1) is 20.2. The number of aromatic nitrogens is 2. The number of halogens is 1. The SMILES string of the molecule is Cc1c(Br)sc2c1c(=O)n(C(C)(C)C(=O)OC(C)(C)C)c(=O)n2C[C@H](OCC(C)COC1CCCCO1)c1ccccc1. The molecule has 1 fully saturated rings. The topological polar surface area (TPSA) is 98.0 Å². The number of thiophene rings is 1. The number of ether oxygens (including phenoxy) is 4. The van der Waals surface area contributed by atoms with Gasteiger partial charge in [0.1, 0.15) is 22.1 Å². The van der Waals surface area contributed by atoms with E-state index < -0.39 is 34.5 Å². The number of benzene rings is 1. The van der Waals surface area contributed by atoms with Crippen molar-refractivity contribution in [2.75, 3.05) is 19.8 Å². The van der Waals surface area contributed by atoms with Crippen LogP contribution in [0.5, 0.6) is 0 Å². The Bertz CT molecular complexity index is 1530. The van der Waals surface area contributed by atoms with Crippen molar-refractivity contribution >= 4 is 43.5 Å². The number of carbonyl (C=O) groups is 1. The molecule has 1 aromatic carbocycles. The summed E-state index contributed by atoms with van der Waals surface area (Å²) in [6, 6.07) is 9.69. The molecule has 3 heterocycles. The molecule has 0 saturated carbocycles. The van der Waals surface area contributed by atoms with Crippen LogP contribution in [0, 0.1) is 12.8 Å². The number of fused-ring (bicyclic) bond motifs is 1. The highest BCUT2D eigenvalue weighted by atomic mass is 79.9. The van der Waals surface area contributed by atoms with Crippen LogP contribution >= 0.6 is 27.3 Å². The first-order valence-corrected chi connectivity index (χ1v) is 16.4. The third-order valence-corrected chi connectivity index (χ3v) is 9.60. The predicted octanol–water partition coefficient (Wildman–Crippen LogP) is 6.31. The first-order valence-electron chi connectivity index (χ1n) is 14.8. The predicted molar refractivity (Wildman–Crippen MR) is 172 cm³/mol. The average Bonchev–Trinajstić information content (AvgIpc) is 3.25. The Labute approximate surface area is 265 Å². The van der Waals surface area contributed by atoms with Crippen molar-refractivity contribution in [3.05, 3.63) is 66.1 Å². The largest absolute Gasteiger partial charge is 0.458 e. The fourth-order valence-electron chi connectivity index (χ4n) is 5.00. The van der Waals surface area contributed by atoms with Gasteiger partial charge in [0.05, 0.1) is 28.9 Å². The lowest BCUT2D eigenvalue weighted by atomic mass is 10.0. The van der Waals surface area contributed by atoms with E-state index in [0.717, 1.165) is 39.8 Å². The second-order valence-corrected chi connectivity index (χ2v) is 15.1. The van der Waals surface area contributed by atoms with Gasteiger partial charge < -0.3 is 18.9 Å². The smallest absolute Gasteiger partial charge is 0.333 e. The summed E-state index contributed by atoms with van der Waals surface area (Å²) in [5.74, 6) is -0.588. The minimum atomic E-state index is -1.56. The Hall–Kier alpha value is -2.31. The molecular formula is C32H43BrN2O7S. The maximum atomic E-state index is 14.2. The summed E-state index contributed by atoms with van der Waals surface area (Å²) in [6.45, 7) is 14.0. The average molecular weight is 680 g/mol. The molecule has 0 N–H and O–H groups in total. The molecule has 1 aliphatic heterocycles. The molecule has 0 radical (unpaired) electrons. The molecule has 2 aromatic heterocycles. The number of hydrogen-bond acceptors (Lipinski definition) is 8. The highest BCUT2D eigenvalue weighted by molar-refractivity contribution is 9.11. The van der Waals surface area contributed by atoms with Gasteiger partial charge in [0.25, 0.3) is 5.56 Å². The van der Waals surface area contributed by atoms with Gasteiger partial charge in [-0.2, -0.15) is 0 Å². The van der Waals surface area contributed by atoms with Gasteiger partial charge in [0.2, 0.25) is 0 Å². The highest BCUT2D eigenvalue weighted by Gasteiger charge is 2.39. The molecule has 3 aromatic rings. The summed E-state index contributed by atoms with van der Waals surface area (Å²) in [7, 11) is 0. The Morgan fingerprint density at radius 2 is 1.81 bits per heavy atom. The zero-order valence-electron chi connectivity index (χ0n) is 26.1. The maximum absolute atomic E-state index is 14.2. The number of esters is 1. The molecule has 0 spiro atoms. The van der Waals surface area contributed by atoms with Crippen molar-refractivity contribution < 1.29 is 23.7 Å². The first kappa shape index (κ1) is 33.6. The summed E-state index contributed by atoms with van der Waals surface area (Å²) in [5.41, 5.74) is -1.88. The van der Waals surface area contributed by atoms with Crippen molar-refractivity contribution in [1.82, 2.24) is 9.13 Å². The molecular weight excluding hydrogens is 636 g/mol. The van der Waals surface area contributed by atoms with Crippen LogP contribution in [-0.4, -0.2) is 46.8 Å². The van der Waals surface area contributed by atoms with Crippen molar-refractivity contribution in [3.63, 3.8) is 0 Å². The zero-order chi connectivity index (χ0) is 31.5. The van der Waals surface area contributed by atoms with Gasteiger partial charge in [-0.1, -0.05) is 37.3 Å². The molecule has 0 bridgehead atoms. The lowest BCUT2D eigenvalue weighted by molar-refractivity contribution is -0.171. The monoisotopic (exact) mass is 678 g/mol. The van der Waals surface area contributed by atoms with Gasteiger partial charge in [-0.25, -0.2) is 14.2 Å². The van der Waals surface area contributed by atoms with Crippen molar-refractivity contribution in [1.29, 1.82) is 0 Å². The molecule has 0 aliphatic carbocycles. The molecule has 236 valence electrons. The van der Waals surface area contributed by atoms with Crippen LogP contribution in [0.3, 0.4) is 0 Å². The van der Waals surface area contributed by atoms with Crippen LogP contribution < -0.4 is 11.2 Å². The van der Waals surface area contributed by atoms with E-state index in [1.54, 1.807) is 39.2 Å². The summed E-state index contributed by atoms with van der Waals surface area (Å²) in [4.78, 5) is 42.0. The number of aryl methyl sites for hydroxylation is 1. The maximum Gasteiger partial charge on any atom is 0.333 e. The van der Waals surface area contributed by atoms with Crippen LogP contribution in [0.25, 0.3) is 10.2 Å². The number of nitrogens with zero attached hydrogens (tertiary/aromatic N) is 2. The van der Waals surface area contributed by atoms with Crippen LogP contribution in [0.2, 0.25) is 0 Å². The van der Waals surface area contributed by atoms with Crippen LogP contribution in [0.15, 0.2) is 43.7 Å². The lowest BCUT2D eigenvalue weighted by Crippen LogP contribution is -2.54. The van der Waals surface area contributed by atoms with E-state index in [4.69, 9.17) is 18.9 Å². The van der Waals surface area contributed by atoms with Gasteiger partial charge in [0.15, 0.2) is 6.29 Å². The molecule has 0 amide bonds. The second-order valence-electron chi connectivity index (χ2n) is 12.7. The fourth-order valence-corrected chi connectivity index (χ4v) is 6.69. The van der Waals surface area contributed by atoms with E-state index in [9.17, 15) is 14.4 Å². The Balaban J connectivity index is 1.71. The molecule has 4 rings (SSSR count). The third-order valence-electron chi connectivity index (χ3n) is 7.42. The normalized spacial score (nSPS) is 17.6.